The molecule has 1 aliphatic rings. The van der Waals surface area contributed by atoms with E-state index in [0.29, 0.717) is 18.5 Å². The van der Waals surface area contributed by atoms with Crippen LogP contribution in [0.5, 0.6) is 0 Å². The summed E-state index contributed by atoms with van der Waals surface area (Å²) in [5.41, 5.74) is 10.2. The molecule has 3 rings (SSSR count). The average Bonchev–Trinajstić information content (AvgIpc) is 2.51. The first kappa shape index (κ1) is 13.2. The molecule has 1 heterocycles. The van der Waals surface area contributed by atoms with Gasteiger partial charge in [0.15, 0.2) is 0 Å². The SMILES string of the molecule is N#Cc1ccc(CN2C(=O)CCc3cc(N)ccc32)cc1. The number of nitrogen functional groups attached to an aromatic ring is 1. The molecule has 0 saturated heterocycles. The molecular weight excluding hydrogens is 262 g/mol. The molecule has 0 unspecified atom stereocenters. The van der Waals surface area contributed by atoms with Crippen LogP contribution in [-0.2, 0) is 17.8 Å². The lowest BCUT2D eigenvalue weighted by atomic mass is 9.99. The third-order valence-electron chi connectivity index (χ3n) is 3.73. The zero-order chi connectivity index (χ0) is 14.8. The molecule has 0 aliphatic carbocycles. The number of nitrogens with two attached hydrogens (primary N) is 1. The molecule has 1 amide bonds. The van der Waals surface area contributed by atoms with E-state index in [-0.39, 0.29) is 5.91 Å². The lowest BCUT2D eigenvalue weighted by Gasteiger charge is -2.29. The van der Waals surface area contributed by atoms with Gasteiger partial charge in [0.05, 0.1) is 18.2 Å². The third kappa shape index (κ3) is 2.59. The number of nitriles is 1. The number of rotatable bonds is 2. The molecule has 2 N–H and O–H groups in total. The van der Waals surface area contributed by atoms with E-state index in [1.807, 2.05) is 30.3 Å². The monoisotopic (exact) mass is 277 g/mol. The number of anilines is 2. The van der Waals surface area contributed by atoms with Crippen LogP contribution in [0.2, 0.25) is 0 Å². The summed E-state index contributed by atoms with van der Waals surface area (Å²) >= 11 is 0. The van der Waals surface area contributed by atoms with Gasteiger partial charge in [-0.15, -0.1) is 0 Å². The highest BCUT2D eigenvalue weighted by Crippen LogP contribution is 2.30. The first-order valence-corrected chi connectivity index (χ1v) is 6.85. The Morgan fingerprint density at radius 3 is 2.62 bits per heavy atom. The Hall–Kier alpha value is -2.80. The molecule has 0 aromatic heterocycles. The standard InChI is InChI=1S/C17H15N3O/c18-10-12-1-3-13(4-2-12)11-20-16-7-6-15(19)9-14(16)5-8-17(20)21/h1-4,6-7,9H,5,8,11,19H2. The van der Waals surface area contributed by atoms with Crippen molar-refractivity contribution in [2.75, 3.05) is 10.6 Å². The van der Waals surface area contributed by atoms with E-state index in [2.05, 4.69) is 6.07 Å². The van der Waals surface area contributed by atoms with Crippen LogP contribution in [0.1, 0.15) is 23.1 Å². The maximum absolute atomic E-state index is 12.2. The molecule has 0 radical (unpaired) electrons. The summed E-state index contributed by atoms with van der Waals surface area (Å²) in [7, 11) is 0. The minimum Gasteiger partial charge on any atom is -0.399 e. The lowest BCUT2D eigenvalue weighted by Crippen LogP contribution is -2.34. The zero-order valence-electron chi connectivity index (χ0n) is 11.5. The van der Waals surface area contributed by atoms with Crippen LogP contribution in [0.3, 0.4) is 0 Å². The molecule has 0 bridgehead atoms. The molecular formula is C17H15N3O. The van der Waals surface area contributed by atoms with Gasteiger partial charge in [0.1, 0.15) is 0 Å². The maximum atomic E-state index is 12.2. The third-order valence-corrected chi connectivity index (χ3v) is 3.73. The maximum Gasteiger partial charge on any atom is 0.227 e. The molecule has 0 spiro atoms. The van der Waals surface area contributed by atoms with Crippen molar-refractivity contribution < 1.29 is 4.79 Å². The molecule has 0 atom stereocenters. The van der Waals surface area contributed by atoms with Crippen molar-refractivity contribution >= 4 is 17.3 Å². The highest BCUT2D eigenvalue weighted by molar-refractivity contribution is 5.96. The minimum atomic E-state index is 0.122. The number of aryl methyl sites for hydroxylation is 1. The summed E-state index contributed by atoms with van der Waals surface area (Å²) in [5, 5.41) is 8.82. The second kappa shape index (κ2) is 5.29. The number of hydrogen-bond acceptors (Lipinski definition) is 3. The normalized spacial score (nSPS) is 13.7. The Morgan fingerprint density at radius 1 is 1.14 bits per heavy atom. The van der Waals surface area contributed by atoms with Crippen molar-refractivity contribution in [3.8, 4) is 6.07 Å². The number of fused-ring (bicyclic) bond motifs is 1. The topological polar surface area (TPSA) is 70.1 Å². The predicted molar refractivity (Wildman–Crippen MR) is 81.5 cm³/mol. The Balaban J connectivity index is 1.91. The Morgan fingerprint density at radius 2 is 1.90 bits per heavy atom. The van der Waals surface area contributed by atoms with Crippen LogP contribution < -0.4 is 10.6 Å². The van der Waals surface area contributed by atoms with Gasteiger partial charge < -0.3 is 10.6 Å². The number of carbonyl (C=O) groups is 1. The molecule has 4 heteroatoms. The van der Waals surface area contributed by atoms with Gasteiger partial charge >= 0.3 is 0 Å². The van der Waals surface area contributed by atoms with Gasteiger partial charge in [-0.1, -0.05) is 12.1 Å². The largest absolute Gasteiger partial charge is 0.399 e. The summed E-state index contributed by atoms with van der Waals surface area (Å²) in [4.78, 5) is 14.0. The summed E-state index contributed by atoms with van der Waals surface area (Å²) in [6.45, 7) is 0.515. The van der Waals surface area contributed by atoms with E-state index in [1.165, 1.54) is 0 Å². The smallest absolute Gasteiger partial charge is 0.227 e. The van der Waals surface area contributed by atoms with Gasteiger partial charge in [0, 0.05) is 17.8 Å². The molecule has 4 nitrogen and oxygen atoms in total. The number of benzene rings is 2. The van der Waals surface area contributed by atoms with Gasteiger partial charge in [-0.05, 0) is 47.9 Å². The van der Waals surface area contributed by atoms with Crippen LogP contribution in [0.4, 0.5) is 11.4 Å². The highest BCUT2D eigenvalue weighted by Gasteiger charge is 2.24. The zero-order valence-corrected chi connectivity index (χ0v) is 11.5. The predicted octanol–water partition coefficient (Wildman–Crippen LogP) is 2.62. The minimum absolute atomic E-state index is 0.122. The van der Waals surface area contributed by atoms with E-state index in [9.17, 15) is 4.79 Å². The summed E-state index contributed by atoms with van der Waals surface area (Å²) in [5.74, 6) is 0.122. The van der Waals surface area contributed by atoms with E-state index in [1.54, 1.807) is 17.0 Å². The van der Waals surface area contributed by atoms with E-state index >= 15 is 0 Å². The van der Waals surface area contributed by atoms with Gasteiger partial charge in [-0.2, -0.15) is 5.26 Å². The molecule has 21 heavy (non-hydrogen) atoms. The van der Waals surface area contributed by atoms with Gasteiger partial charge in [-0.3, -0.25) is 4.79 Å². The fraction of sp³-hybridized carbons (Fsp3) is 0.176. The number of nitrogens with zero attached hydrogens (tertiary/aromatic N) is 2. The molecule has 0 saturated carbocycles. The van der Waals surface area contributed by atoms with Crippen molar-refractivity contribution in [1.29, 1.82) is 5.26 Å². The fourth-order valence-electron chi connectivity index (χ4n) is 2.62. The molecule has 2 aromatic rings. The molecule has 104 valence electrons. The Kier molecular flexibility index (Phi) is 3.33. The van der Waals surface area contributed by atoms with Crippen LogP contribution in [-0.4, -0.2) is 5.91 Å². The van der Waals surface area contributed by atoms with E-state index < -0.39 is 0 Å². The van der Waals surface area contributed by atoms with Crippen LogP contribution in [0.15, 0.2) is 42.5 Å². The summed E-state index contributed by atoms with van der Waals surface area (Å²) < 4.78 is 0. The fourth-order valence-corrected chi connectivity index (χ4v) is 2.62. The van der Waals surface area contributed by atoms with E-state index in [4.69, 9.17) is 11.0 Å². The van der Waals surface area contributed by atoms with Crippen molar-refractivity contribution in [1.82, 2.24) is 0 Å². The molecule has 0 fully saturated rings. The van der Waals surface area contributed by atoms with Crippen molar-refractivity contribution in [2.24, 2.45) is 0 Å². The van der Waals surface area contributed by atoms with Gasteiger partial charge in [0.25, 0.3) is 0 Å². The quantitative estimate of drug-likeness (QED) is 0.858. The first-order chi connectivity index (χ1) is 10.2. The second-order valence-corrected chi connectivity index (χ2v) is 5.18. The van der Waals surface area contributed by atoms with Crippen molar-refractivity contribution in [2.45, 2.75) is 19.4 Å². The number of hydrogen-bond donors (Lipinski definition) is 1. The second-order valence-electron chi connectivity index (χ2n) is 5.18. The highest BCUT2D eigenvalue weighted by atomic mass is 16.2. The Labute approximate surface area is 123 Å². The van der Waals surface area contributed by atoms with Gasteiger partial charge in [0.2, 0.25) is 5.91 Å². The van der Waals surface area contributed by atoms with Crippen molar-refractivity contribution in [3.63, 3.8) is 0 Å². The van der Waals surface area contributed by atoms with Gasteiger partial charge in [-0.25, -0.2) is 0 Å². The Bertz CT molecular complexity index is 729. The number of carbonyl (C=O) groups excluding carboxylic acids is 1. The molecule has 2 aromatic carbocycles. The van der Waals surface area contributed by atoms with Crippen LogP contribution in [0.25, 0.3) is 0 Å². The number of amides is 1. The first-order valence-electron chi connectivity index (χ1n) is 6.85. The van der Waals surface area contributed by atoms with Crippen LogP contribution in [0, 0.1) is 11.3 Å². The summed E-state index contributed by atoms with van der Waals surface area (Å²) in [6.07, 6.45) is 1.25. The lowest BCUT2D eigenvalue weighted by molar-refractivity contribution is -0.119. The van der Waals surface area contributed by atoms with Crippen LogP contribution >= 0.6 is 0 Å². The average molecular weight is 277 g/mol. The molecule has 1 aliphatic heterocycles. The summed E-state index contributed by atoms with van der Waals surface area (Å²) in [6, 6.07) is 15.1. The van der Waals surface area contributed by atoms with E-state index in [0.717, 1.165) is 28.9 Å². The van der Waals surface area contributed by atoms with Crippen molar-refractivity contribution in [3.05, 3.63) is 59.2 Å².